The topological polar surface area (TPSA) is 70.2 Å². The van der Waals surface area contributed by atoms with Gasteiger partial charge in [0, 0.05) is 37.9 Å². The number of halogens is 3. The van der Waals surface area contributed by atoms with E-state index in [9.17, 15) is 18.0 Å². The lowest BCUT2D eigenvalue weighted by molar-refractivity contribution is -0.137. The molecule has 2 N–H and O–H groups in total. The van der Waals surface area contributed by atoms with Crippen LogP contribution < -0.4 is 15.5 Å². The van der Waals surface area contributed by atoms with Gasteiger partial charge in [-0.25, -0.2) is 4.98 Å². The molecule has 1 aromatic carbocycles. The first-order valence-electron chi connectivity index (χ1n) is 9.47. The molecule has 0 saturated heterocycles. The molecule has 29 heavy (non-hydrogen) atoms. The van der Waals surface area contributed by atoms with Crippen LogP contribution in [0.4, 0.5) is 24.9 Å². The van der Waals surface area contributed by atoms with Gasteiger partial charge < -0.3 is 15.5 Å². The number of alkyl halides is 3. The van der Waals surface area contributed by atoms with E-state index in [2.05, 4.69) is 20.6 Å². The molecular formula is C20H24F3N5O. The van der Waals surface area contributed by atoms with Crippen molar-refractivity contribution in [2.75, 3.05) is 24.3 Å². The Morgan fingerprint density at radius 3 is 2.24 bits per heavy atom. The SMILES string of the molecule is CN(C)c1ccnc(N[C@H]2CC[C@@H](NC(=O)c3ccc(C(F)(F)F)cc3)CC2)n1. The summed E-state index contributed by atoms with van der Waals surface area (Å²) in [5.74, 6) is 1.05. The summed E-state index contributed by atoms with van der Waals surface area (Å²) in [5, 5.41) is 6.25. The minimum Gasteiger partial charge on any atom is -0.363 e. The van der Waals surface area contributed by atoms with Crippen LogP contribution in [0.15, 0.2) is 36.5 Å². The third-order valence-electron chi connectivity index (χ3n) is 4.97. The van der Waals surface area contributed by atoms with E-state index < -0.39 is 11.7 Å². The third-order valence-corrected chi connectivity index (χ3v) is 4.97. The summed E-state index contributed by atoms with van der Waals surface area (Å²) in [6, 6.07) is 6.32. The van der Waals surface area contributed by atoms with Gasteiger partial charge >= 0.3 is 6.18 Å². The number of rotatable bonds is 5. The average Bonchev–Trinajstić information content (AvgIpc) is 2.69. The Morgan fingerprint density at radius 1 is 1.03 bits per heavy atom. The molecule has 1 fully saturated rings. The van der Waals surface area contributed by atoms with Crippen molar-refractivity contribution in [3.05, 3.63) is 47.7 Å². The van der Waals surface area contributed by atoms with Crippen LogP contribution in [-0.2, 0) is 6.18 Å². The van der Waals surface area contributed by atoms with Gasteiger partial charge in [0.2, 0.25) is 5.95 Å². The molecule has 1 aliphatic rings. The molecule has 0 bridgehead atoms. The maximum atomic E-state index is 12.6. The second kappa shape index (κ2) is 8.67. The van der Waals surface area contributed by atoms with Crippen LogP contribution in [0.2, 0.25) is 0 Å². The van der Waals surface area contributed by atoms with Crippen molar-refractivity contribution in [1.29, 1.82) is 0 Å². The second-order valence-corrected chi connectivity index (χ2v) is 7.37. The van der Waals surface area contributed by atoms with Gasteiger partial charge in [-0.2, -0.15) is 18.2 Å². The maximum absolute atomic E-state index is 12.6. The standard InChI is InChI=1S/C20H24F3N5O/c1-28(2)17-11-12-24-19(27-17)26-16-9-7-15(8-10-16)25-18(29)13-3-5-14(6-4-13)20(21,22)23/h3-6,11-12,15-16H,7-10H2,1-2H3,(H,25,29)(H,24,26,27)/t15-,16+. The lowest BCUT2D eigenvalue weighted by atomic mass is 9.91. The molecule has 0 spiro atoms. The summed E-state index contributed by atoms with van der Waals surface area (Å²) >= 11 is 0. The molecule has 3 rings (SSSR count). The first-order chi connectivity index (χ1) is 13.7. The molecule has 1 amide bonds. The molecule has 0 aliphatic heterocycles. The van der Waals surface area contributed by atoms with Crippen molar-refractivity contribution in [3.63, 3.8) is 0 Å². The minimum absolute atomic E-state index is 0.00290. The Labute approximate surface area is 167 Å². The zero-order valence-electron chi connectivity index (χ0n) is 16.3. The molecule has 0 radical (unpaired) electrons. The fraction of sp³-hybridized carbons (Fsp3) is 0.450. The van der Waals surface area contributed by atoms with Crippen LogP contribution in [0.3, 0.4) is 0 Å². The molecular weight excluding hydrogens is 383 g/mol. The average molecular weight is 407 g/mol. The molecule has 156 valence electrons. The number of anilines is 2. The number of carbonyl (C=O) groups is 1. The van der Waals surface area contributed by atoms with Crippen LogP contribution in [0.1, 0.15) is 41.6 Å². The van der Waals surface area contributed by atoms with E-state index in [1.807, 2.05) is 25.1 Å². The highest BCUT2D eigenvalue weighted by atomic mass is 19.4. The lowest BCUT2D eigenvalue weighted by Gasteiger charge is -2.29. The Morgan fingerprint density at radius 2 is 1.66 bits per heavy atom. The lowest BCUT2D eigenvalue weighted by Crippen LogP contribution is -2.40. The number of benzene rings is 1. The molecule has 6 nitrogen and oxygen atoms in total. The van der Waals surface area contributed by atoms with E-state index in [4.69, 9.17) is 0 Å². The van der Waals surface area contributed by atoms with E-state index in [0.29, 0.717) is 5.95 Å². The van der Waals surface area contributed by atoms with E-state index in [1.165, 1.54) is 12.1 Å². The van der Waals surface area contributed by atoms with E-state index >= 15 is 0 Å². The maximum Gasteiger partial charge on any atom is 0.416 e. The summed E-state index contributed by atoms with van der Waals surface area (Å²) in [6.45, 7) is 0. The third kappa shape index (κ3) is 5.58. The Kier molecular flexibility index (Phi) is 6.24. The monoisotopic (exact) mass is 407 g/mol. The number of aromatic nitrogens is 2. The molecule has 0 atom stereocenters. The zero-order valence-corrected chi connectivity index (χ0v) is 16.3. The Hall–Kier alpha value is -2.84. The van der Waals surface area contributed by atoms with E-state index in [1.54, 1.807) is 6.20 Å². The molecule has 0 unspecified atom stereocenters. The first kappa shape index (κ1) is 20.9. The fourth-order valence-electron chi connectivity index (χ4n) is 3.31. The molecule has 9 heteroatoms. The number of amides is 1. The fourth-order valence-corrected chi connectivity index (χ4v) is 3.31. The highest BCUT2D eigenvalue weighted by molar-refractivity contribution is 5.94. The van der Waals surface area contributed by atoms with Gasteiger partial charge in [0.05, 0.1) is 5.56 Å². The number of carbonyl (C=O) groups excluding carboxylic acids is 1. The predicted molar refractivity (Wildman–Crippen MR) is 105 cm³/mol. The van der Waals surface area contributed by atoms with Crippen molar-refractivity contribution in [1.82, 2.24) is 15.3 Å². The number of hydrogen-bond acceptors (Lipinski definition) is 5. The summed E-state index contributed by atoms with van der Waals surface area (Å²) in [4.78, 5) is 22.9. The zero-order chi connectivity index (χ0) is 21.0. The summed E-state index contributed by atoms with van der Waals surface area (Å²) in [7, 11) is 3.83. The van der Waals surface area contributed by atoms with Crippen molar-refractivity contribution >= 4 is 17.7 Å². The van der Waals surface area contributed by atoms with Crippen LogP contribution in [0, 0.1) is 0 Å². The normalized spacial score (nSPS) is 19.5. The van der Waals surface area contributed by atoms with E-state index in [0.717, 1.165) is 43.6 Å². The second-order valence-electron chi connectivity index (χ2n) is 7.37. The van der Waals surface area contributed by atoms with Crippen molar-refractivity contribution in [2.45, 2.75) is 43.9 Å². The van der Waals surface area contributed by atoms with Crippen LogP contribution in [0.5, 0.6) is 0 Å². The number of nitrogens with one attached hydrogen (secondary N) is 2. The van der Waals surface area contributed by atoms with Crippen molar-refractivity contribution in [2.24, 2.45) is 0 Å². The van der Waals surface area contributed by atoms with E-state index in [-0.39, 0.29) is 23.6 Å². The van der Waals surface area contributed by atoms with Crippen LogP contribution in [-0.4, -0.2) is 42.1 Å². The molecule has 1 heterocycles. The predicted octanol–water partition coefficient (Wildman–Crippen LogP) is 3.71. The summed E-state index contributed by atoms with van der Waals surface area (Å²) in [6.07, 6.45) is 0.534. The highest BCUT2D eigenvalue weighted by Gasteiger charge is 2.30. The minimum atomic E-state index is -4.41. The van der Waals surface area contributed by atoms with Crippen LogP contribution in [0.25, 0.3) is 0 Å². The largest absolute Gasteiger partial charge is 0.416 e. The summed E-state index contributed by atoms with van der Waals surface area (Å²) < 4.78 is 37.9. The Balaban J connectivity index is 1.49. The first-order valence-corrected chi connectivity index (χ1v) is 9.47. The van der Waals surface area contributed by atoms with Gasteiger partial charge in [-0.1, -0.05) is 0 Å². The van der Waals surface area contributed by atoms with Gasteiger partial charge in [0.25, 0.3) is 5.91 Å². The van der Waals surface area contributed by atoms with Gasteiger partial charge in [0.1, 0.15) is 5.82 Å². The van der Waals surface area contributed by atoms with Gasteiger partial charge in [-0.15, -0.1) is 0 Å². The van der Waals surface area contributed by atoms with Crippen molar-refractivity contribution in [3.8, 4) is 0 Å². The molecule has 1 aliphatic carbocycles. The van der Waals surface area contributed by atoms with Crippen molar-refractivity contribution < 1.29 is 18.0 Å². The number of hydrogen-bond donors (Lipinski definition) is 2. The van der Waals surface area contributed by atoms with Gasteiger partial charge in [-0.3, -0.25) is 4.79 Å². The Bertz CT molecular complexity index is 831. The van der Waals surface area contributed by atoms with Crippen LogP contribution >= 0.6 is 0 Å². The van der Waals surface area contributed by atoms with Gasteiger partial charge in [0.15, 0.2) is 0 Å². The molecule has 2 aromatic rings. The quantitative estimate of drug-likeness (QED) is 0.791. The summed E-state index contributed by atoms with van der Waals surface area (Å²) in [5.41, 5.74) is -0.534. The smallest absolute Gasteiger partial charge is 0.363 e. The molecule has 1 aromatic heterocycles. The molecule has 1 saturated carbocycles. The number of nitrogens with zero attached hydrogens (tertiary/aromatic N) is 3. The van der Waals surface area contributed by atoms with Gasteiger partial charge in [-0.05, 0) is 56.0 Å². The highest BCUT2D eigenvalue weighted by Crippen LogP contribution is 2.29.